The molecule has 24 heavy (non-hydrogen) atoms. The molecule has 2 N–H and O–H groups in total. The van der Waals surface area contributed by atoms with Crippen LogP contribution in [-0.2, 0) is 0 Å². The highest BCUT2D eigenvalue weighted by atomic mass is 127. The molecule has 0 aromatic heterocycles. The molecule has 0 aliphatic carbocycles. The Labute approximate surface area is 160 Å². The van der Waals surface area contributed by atoms with Crippen molar-refractivity contribution in [1.29, 1.82) is 0 Å². The number of hydrazone groups is 1. The van der Waals surface area contributed by atoms with Crippen molar-refractivity contribution in [2.45, 2.75) is 71.4 Å². The second-order valence-electron chi connectivity index (χ2n) is 6.91. The van der Waals surface area contributed by atoms with Crippen LogP contribution in [-0.4, -0.2) is 46.7 Å². The van der Waals surface area contributed by atoms with Gasteiger partial charge in [-0.25, -0.2) is 0 Å². The standard InChI is InChI=1S/C19H33IN2O2/c1-15(13-21-22-11-5-7-17(22)3)6-4-8-18(14-23)9-10-19(24)16(2)12-20/h9,12-13,15,17,19,23-24H,4-8,10-11,14H2,1-3H3/b16-12+,18-9+,21-13-/t15-,17?,19-/m0/s1. The molecule has 1 heterocycles. The van der Waals surface area contributed by atoms with Crippen LogP contribution in [0.3, 0.4) is 0 Å². The maximum atomic E-state index is 9.95. The number of halogens is 1. The fraction of sp³-hybridized carbons (Fsp3) is 0.737. The van der Waals surface area contributed by atoms with Gasteiger partial charge in [0.25, 0.3) is 0 Å². The molecule has 0 aromatic rings. The molecule has 3 atom stereocenters. The van der Waals surface area contributed by atoms with Crippen molar-refractivity contribution in [3.8, 4) is 0 Å². The normalized spacial score (nSPS) is 22.4. The molecule has 1 aliphatic rings. The molecule has 1 fully saturated rings. The Morgan fingerprint density at radius 2 is 2.21 bits per heavy atom. The van der Waals surface area contributed by atoms with Gasteiger partial charge in [0.15, 0.2) is 0 Å². The lowest BCUT2D eigenvalue weighted by molar-refractivity contribution is 0.214. The molecule has 0 spiro atoms. The van der Waals surface area contributed by atoms with Gasteiger partial charge in [0.2, 0.25) is 0 Å². The lowest BCUT2D eigenvalue weighted by Gasteiger charge is -2.17. The van der Waals surface area contributed by atoms with Gasteiger partial charge < -0.3 is 10.2 Å². The molecule has 0 saturated carbocycles. The van der Waals surface area contributed by atoms with Crippen LogP contribution in [0.5, 0.6) is 0 Å². The fourth-order valence-electron chi connectivity index (χ4n) is 2.80. The molecule has 5 heteroatoms. The van der Waals surface area contributed by atoms with Crippen molar-refractivity contribution in [3.05, 3.63) is 21.3 Å². The lowest BCUT2D eigenvalue weighted by atomic mass is 10.0. The molecular formula is C19H33IN2O2. The van der Waals surface area contributed by atoms with E-state index < -0.39 is 6.10 Å². The maximum absolute atomic E-state index is 9.95. The van der Waals surface area contributed by atoms with Crippen LogP contribution in [0, 0.1) is 5.92 Å². The number of aliphatic hydroxyl groups is 2. The lowest BCUT2D eigenvalue weighted by Crippen LogP contribution is -2.21. The minimum Gasteiger partial charge on any atom is -0.392 e. The third-order valence-electron chi connectivity index (χ3n) is 4.68. The van der Waals surface area contributed by atoms with Crippen molar-refractivity contribution in [1.82, 2.24) is 5.01 Å². The van der Waals surface area contributed by atoms with Gasteiger partial charge in [0, 0.05) is 18.8 Å². The van der Waals surface area contributed by atoms with E-state index in [0.717, 1.165) is 37.0 Å². The zero-order chi connectivity index (χ0) is 17.9. The minimum atomic E-state index is -0.447. The van der Waals surface area contributed by atoms with E-state index in [1.165, 1.54) is 12.8 Å². The van der Waals surface area contributed by atoms with Crippen LogP contribution in [0.4, 0.5) is 0 Å². The first-order valence-corrected chi connectivity index (χ1v) is 10.3. The van der Waals surface area contributed by atoms with Gasteiger partial charge in [-0.1, -0.05) is 35.6 Å². The van der Waals surface area contributed by atoms with E-state index in [2.05, 4.69) is 52.8 Å². The van der Waals surface area contributed by atoms with Gasteiger partial charge in [-0.15, -0.1) is 0 Å². The van der Waals surface area contributed by atoms with E-state index in [9.17, 15) is 10.2 Å². The van der Waals surface area contributed by atoms with Crippen molar-refractivity contribution in [3.63, 3.8) is 0 Å². The SMILES string of the molecule is C/C(=C\I)[C@@H](O)C/C=C(/CO)CCC[C@H](C)/C=N\N1CCCC1C. The third-order valence-corrected chi connectivity index (χ3v) is 5.66. The Balaban J connectivity index is 2.31. The largest absolute Gasteiger partial charge is 0.392 e. The molecule has 0 radical (unpaired) electrons. The van der Waals surface area contributed by atoms with Crippen molar-refractivity contribution in [2.75, 3.05) is 13.2 Å². The first-order valence-electron chi connectivity index (χ1n) is 9.02. The summed E-state index contributed by atoms with van der Waals surface area (Å²) in [5.74, 6) is 0.451. The van der Waals surface area contributed by atoms with Crippen LogP contribution in [0.1, 0.15) is 59.3 Å². The van der Waals surface area contributed by atoms with Crippen LogP contribution in [0.15, 0.2) is 26.4 Å². The summed E-state index contributed by atoms with van der Waals surface area (Å²) >= 11 is 2.14. The van der Waals surface area contributed by atoms with Crippen LogP contribution < -0.4 is 0 Å². The predicted molar refractivity (Wildman–Crippen MR) is 110 cm³/mol. The molecule has 1 saturated heterocycles. The second-order valence-corrected chi connectivity index (χ2v) is 7.54. The van der Waals surface area contributed by atoms with Gasteiger partial charge in [0.1, 0.15) is 0 Å². The van der Waals surface area contributed by atoms with Crippen molar-refractivity contribution >= 4 is 28.8 Å². The maximum Gasteiger partial charge on any atom is 0.0789 e. The van der Waals surface area contributed by atoms with Crippen LogP contribution in [0.2, 0.25) is 0 Å². The third kappa shape index (κ3) is 8.12. The van der Waals surface area contributed by atoms with Gasteiger partial charge in [-0.05, 0) is 73.5 Å². The summed E-state index contributed by atoms with van der Waals surface area (Å²) in [6.45, 7) is 7.51. The number of nitrogens with zero attached hydrogens (tertiary/aromatic N) is 2. The molecule has 1 rings (SSSR count). The first-order chi connectivity index (χ1) is 11.5. The fourth-order valence-corrected chi connectivity index (χ4v) is 3.21. The summed E-state index contributed by atoms with van der Waals surface area (Å²) in [7, 11) is 0. The van der Waals surface area contributed by atoms with E-state index in [-0.39, 0.29) is 6.61 Å². The van der Waals surface area contributed by atoms with E-state index in [0.29, 0.717) is 18.4 Å². The zero-order valence-corrected chi connectivity index (χ0v) is 17.4. The Bertz CT molecular complexity index is 449. The van der Waals surface area contributed by atoms with E-state index in [1.54, 1.807) is 0 Å². The highest BCUT2D eigenvalue weighted by Crippen LogP contribution is 2.18. The average molecular weight is 448 g/mol. The Kier molecular flexibility index (Phi) is 10.9. The van der Waals surface area contributed by atoms with Gasteiger partial charge in [0.05, 0.1) is 12.7 Å². The summed E-state index contributed by atoms with van der Waals surface area (Å²) in [6, 6.07) is 0.573. The highest BCUT2D eigenvalue weighted by molar-refractivity contribution is 14.1. The first kappa shape index (κ1) is 21.6. The Morgan fingerprint density at radius 3 is 2.79 bits per heavy atom. The monoisotopic (exact) mass is 448 g/mol. The molecule has 1 unspecified atom stereocenters. The van der Waals surface area contributed by atoms with Gasteiger partial charge in [-0.3, -0.25) is 5.01 Å². The molecule has 138 valence electrons. The van der Waals surface area contributed by atoms with Crippen molar-refractivity contribution < 1.29 is 10.2 Å². The number of aliphatic hydroxyl groups excluding tert-OH is 2. The summed E-state index contributed by atoms with van der Waals surface area (Å²) < 4.78 is 1.90. The average Bonchev–Trinajstić information content (AvgIpc) is 2.99. The van der Waals surface area contributed by atoms with E-state index in [4.69, 9.17) is 0 Å². The summed E-state index contributed by atoms with van der Waals surface area (Å²) in [6.07, 6.45) is 9.66. The topological polar surface area (TPSA) is 56.1 Å². The van der Waals surface area contributed by atoms with Crippen molar-refractivity contribution in [2.24, 2.45) is 11.0 Å². The summed E-state index contributed by atoms with van der Waals surface area (Å²) in [5.41, 5.74) is 1.98. The summed E-state index contributed by atoms with van der Waals surface area (Å²) in [4.78, 5) is 0. The molecule has 4 nitrogen and oxygen atoms in total. The van der Waals surface area contributed by atoms with Crippen LogP contribution in [0.25, 0.3) is 0 Å². The Hall–Kier alpha value is -0.400. The number of hydrogen-bond acceptors (Lipinski definition) is 4. The summed E-state index contributed by atoms with van der Waals surface area (Å²) in [5, 5.41) is 26.2. The molecule has 0 bridgehead atoms. The smallest absolute Gasteiger partial charge is 0.0789 e. The van der Waals surface area contributed by atoms with E-state index in [1.807, 2.05) is 17.1 Å². The quantitative estimate of drug-likeness (QED) is 0.298. The Morgan fingerprint density at radius 1 is 1.46 bits per heavy atom. The molecule has 0 aromatic carbocycles. The van der Waals surface area contributed by atoms with Gasteiger partial charge in [-0.2, -0.15) is 5.10 Å². The van der Waals surface area contributed by atoms with E-state index >= 15 is 0 Å². The van der Waals surface area contributed by atoms with Crippen LogP contribution >= 0.6 is 22.6 Å². The number of hydrogen-bond donors (Lipinski definition) is 2. The second kappa shape index (κ2) is 12.0. The molecule has 0 amide bonds. The molecule has 1 aliphatic heterocycles. The molecular weight excluding hydrogens is 415 g/mol. The zero-order valence-electron chi connectivity index (χ0n) is 15.3. The predicted octanol–water partition coefficient (Wildman–Crippen LogP) is 4.27. The minimum absolute atomic E-state index is 0.0769. The van der Waals surface area contributed by atoms with Gasteiger partial charge >= 0.3 is 0 Å². The highest BCUT2D eigenvalue weighted by Gasteiger charge is 2.17. The number of rotatable bonds is 10.